The van der Waals surface area contributed by atoms with Crippen molar-refractivity contribution in [2.24, 2.45) is 5.92 Å². The van der Waals surface area contributed by atoms with Crippen molar-refractivity contribution in [3.8, 4) is 0 Å². The van der Waals surface area contributed by atoms with Crippen molar-refractivity contribution in [2.75, 3.05) is 0 Å². The number of hydrogen-bond donors (Lipinski definition) is 0. The second-order valence-electron chi connectivity index (χ2n) is 3.55. The zero-order valence-corrected chi connectivity index (χ0v) is 10.4. The van der Waals surface area contributed by atoms with Crippen molar-refractivity contribution in [3.05, 3.63) is 40.6 Å². The molecule has 14 heavy (non-hydrogen) atoms. The minimum atomic E-state index is 0.623. The number of rotatable bonds is 2. The summed E-state index contributed by atoms with van der Waals surface area (Å²) in [6.07, 6.45) is 10.8. The number of hydrogen-bond acceptors (Lipinski definition) is 1. The lowest BCUT2D eigenvalue weighted by Crippen LogP contribution is -1.96. The molecule has 0 radical (unpaired) electrons. The minimum Gasteiger partial charge on any atom is -0.152 e. The fraction of sp³-hybridized carbons (Fsp3) is 0.333. The lowest BCUT2D eigenvalue weighted by atomic mass is 9.95. The van der Waals surface area contributed by atoms with Crippen LogP contribution in [0.15, 0.2) is 35.1 Å². The van der Waals surface area contributed by atoms with E-state index in [-0.39, 0.29) is 0 Å². The molecule has 0 aliphatic heterocycles. The fourth-order valence-corrected chi connectivity index (χ4v) is 3.06. The maximum Gasteiger partial charge on any atom is 0.0222 e. The van der Waals surface area contributed by atoms with Crippen LogP contribution in [-0.4, -0.2) is 0 Å². The second-order valence-corrected chi connectivity index (χ2v) is 5.18. The monoisotopic (exact) mass is 268 g/mol. The third-order valence-electron chi connectivity index (χ3n) is 2.45. The Morgan fingerprint density at radius 3 is 3.14 bits per heavy atom. The molecule has 0 amide bonds. The van der Waals surface area contributed by atoms with Crippen LogP contribution in [-0.2, 0) is 0 Å². The van der Waals surface area contributed by atoms with Crippen molar-refractivity contribution in [1.82, 2.24) is 0 Å². The summed E-state index contributed by atoms with van der Waals surface area (Å²) in [5.41, 5.74) is 1.30. The summed E-state index contributed by atoms with van der Waals surface area (Å²) in [7, 11) is 0. The van der Waals surface area contributed by atoms with Crippen molar-refractivity contribution in [2.45, 2.75) is 19.3 Å². The number of allylic oxidation sites excluding steroid dienone is 3. The molecule has 1 aliphatic rings. The van der Waals surface area contributed by atoms with E-state index < -0.39 is 0 Å². The number of halogens is 1. The van der Waals surface area contributed by atoms with Crippen LogP contribution in [0.5, 0.6) is 0 Å². The highest BCUT2D eigenvalue weighted by molar-refractivity contribution is 9.15. The molecule has 0 fully saturated rings. The first kappa shape index (κ1) is 10.2. The molecule has 0 N–H and O–H groups in total. The zero-order chi connectivity index (χ0) is 9.80. The van der Waals surface area contributed by atoms with E-state index in [2.05, 4.69) is 51.0 Å². The van der Waals surface area contributed by atoms with Gasteiger partial charge in [0.25, 0.3) is 0 Å². The van der Waals surface area contributed by atoms with E-state index in [9.17, 15) is 0 Å². The summed E-state index contributed by atoms with van der Waals surface area (Å²) in [4.78, 5) is 0. The van der Waals surface area contributed by atoms with Crippen molar-refractivity contribution in [1.29, 1.82) is 0 Å². The standard InChI is InChI=1S/C12H13BrS/c13-12(11-6-7-14-9-11)8-10-4-2-1-3-5-10/h2,4,6-10H,1,3,5H2/b12-8-/t10-/m1/s1. The molecule has 2 rings (SSSR count). The molecule has 1 aromatic rings. The van der Waals surface area contributed by atoms with E-state index in [0.717, 1.165) is 0 Å². The van der Waals surface area contributed by atoms with Crippen LogP contribution in [0.3, 0.4) is 0 Å². The molecule has 0 saturated carbocycles. The van der Waals surface area contributed by atoms with Gasteiger partial charge in [-0.2, -0.15) is 11.3 Å². The Morgan fingerprint density at radius 2 is 2.50 bits per heavy atom. The van der Waals surface area contributed by atoms with E-state index in [1.165, 1.54) is 29.3 Å². The maximum atomic E-state index is 3.63. The molecule has 1 aromatic heterocycles. The van der Waals surface area contributed by atoms with Crippen molar-refractivity contribution < 1.29 is 0 Å². The van der Waals surface area contributed by atoms with Crippen LogP contribution in [0.4, 0.5) is 0 Å². The molecular weight excluding hydrogens is 256 g/mol. The van der Waals surface area contributed by atoms with Gasteiger partial charge in [0.15, 0.2) is 0 Å². The van der Waals surface area contributed by atoms with Crippen LogP contribution in [0.2, 0.25) is 0 Å². The highest BCUT2D eigenvalue weighted by Crippen LogP contribution is 2.28. The van der Waals surface area contributed by atoms with Crippen LogP contribution in [0.1, 0.15) is 24.8 Å². The Balaban J connectivity index is 2.10. The van der Waals surface area contributed by atoms with Gasteiger partial charge in [-0.25, -0.2) is 0 Å². The molecule has 2 heteroatoms. The first-order chi connectivity index (χ1) is 6.86. The molecule has 0 aromatic carbocycles. The van der Waals surface area contributed by atoms with Crippen molar-refractivity contribution in [3.63, 3.8) is 0 Å². The molecular formula is C12H13BrS. The largest absolute Gasteiger partial charge is 0.152 e. The number of thiophene rings is 1. The van der Waals surface area contributed by atoms with Gasteiger partial charge < -0.3 is 0 Å². The summed E-state index contributed by atoms with van der Waals surface area (Å²) in [6.45, 7) is 0. The molecule has 1 atom stereocenters. The van der Waals surface area contributed by atoms with E-state index >= 15 is 0 Å². The first-order valence-electron chi connectivity index (χ1n) is 4.93. The summed E-state index contributed by atoms with van der Waals surface area (Å²) >= 11 is 5.38. The molecule has 0 saturated heterocycles. The highest BCUT2D eigenvalue weighted by atomic mass is 79.9. The van der Waals surface area contributed by atoms with Gasteiger partial charge >= 0.3 is 0 Å². The van der Waals surface area contributed by atoms with E-state index in [1.54, 1.807) is 11.3 Å². The van der Waals surface area contributed by atoms with Crippen molar-refractivity contribution >= 4 is 31.7 Å². The van der Waals surface area contributed by atoms with Gasteiger partial charge in [0, 0.05) is 4.48 Å². The summed E-state index contributed by atoms with van der Waals surface area (Å²) in [6, 6.07) is 2.15. The maximum absolute atomic E-state index is 3.63. The predicted molar refractivity (Wildman–Crippen MR) is 67.7 cm³/mol. The van der Waals surface area contributed by atoms with Gasteiger partial charge in [-0.3, -0.25) is 0 Å². The Bertz CT molecular complexity index is 335. The fourth-order valence-electron chi connectivity index (χ4n) is 1.66. The van der Waals surface area contributed by atoms with Crippen LogP contribution < -0.4 is 0 Å². The Labute approximate surface area is 97.5 Å². The normalized spacial score (nSPS) is 22.6. The predicted octanol–water partition coefficient (Wildman–Crippen LogP) is 4.84. The SMILES string of the molecule is Br/C(=C\[C@@H]1C=CCCC1)c1ccsc1. The average molecular weight is 269 g/mol. The van der Waals surface area contributed by atoms with Gasteiger partial charge in [0.2, 0.25) is 0 Å². The molecule has 0 bridgehead atoms. The Kier molecular flexibility index (Phi) is 3.60. The summed E-state index contributed by atoms with van der Waals surface area (Å²) in [5.74, 6) is 0.623. The Hall–Kier alpha value is -0.340. The Morgan fingerprint density at radius 1 is 1.57 bits per heavy atom. The second kappa shape index (κ2) is 4.94. The van der Waals surface area contributed by atoms with Gasteiger partial charge in [0.05, 0.1) is 0 Å². The topological polar surface area (TPSA) is 0 Å². The van der Waals surface area contributed by atoms with Gasteiger partial charge in [-0.05, 0) is 47.6 Å². The lowest BCUT2D eigenvalue weighted by molar-refractivity contribution is 0.632. The smallest absolute Gasteiger partial charge is 0.0222 e. The molecule has 0 unspecified atom stereocenters. The molecule has 74 valence electrons. The quantitative estimate of drug-likeness (QED) is 0.674. The molecule has 1 aliphatic carbocycles. The minimum absolute atomic E-state index is 0.623. The average Bonchev–Trinajstić information content (AvgIpc) is 2.72. The lowest BCUT2D eigenvalue weighted by Gasteiger charge is -2.12. The van der Waals surface area contributed by atoms with E-state index in [1.807, 2.05) is 0 Å². The zero-order valence-electron chi connectivity index (χ0n) is 7.95. The van der Waals surface area contributed by atoms with Gasteiger partial charge in [0.1, 0.15) is 0 Å². The van der Waals surface area contributed by atoms with Gasteiger partial charge in [-0.15, -0.1) is 0 Å². The van der Waals surface area contributed by atoms with Crippen LogP contribution >= 0.6 is 27.3 Å². The third kappa shape index (κ3) is 2.58. The molecule has 1 heterocycles. The van der Waals surface area contributed by atoms with E-state index in [0.29, 0.717) is 5.92 Å². The highest BCUT2D eigenvalue weighted by Gasteiger charge is 2.07. The first-order valence-corrected chi connectivity index (χ1v) is 6.66. The molecule has 0 nitrogen and oxygen atoms in total. The summed E-state index contributed by atoms with van der Waals surface area (Å²) < 4.78 is 1.23. The summed E-state index contributed by atoms with van der Waals surface area (Å²) in [5, 5.41) is 4.29. The van der Waals surface area contributed by atoms with Crippen LogP contribution in [0, 0.1) is 5.92 Å². The molecule has 0 spiro atoms. The van der Waals surface area contributed by atoms with E-state index in [4.69, 9.17) is 0 Å². The third-order valence-corrected chi connectivity index (χ3v) is 3.85. The van der Waals surface area contributed by atoms with Crippen LogP contribution in [0.25, 0.3) is 4.48 Å². The van der Waals surface area contributed by atoms with Gasteiger partial charge in [-0.1, -0.05) is 34.2 Å².